The molecule has 254 valence electrons. The third-order valence-corrected chi connectivity index (χ3v) is 7.53. The smallest absolute Gasteiger partial charge is 0.278 e. The van der Waals surface area contributed by atoms with Gasteiger partial charge in [-0.15, -0.1) is 16.4 Å². The molecule has 0 N–H and O–H groups in total. The van der Waals surface area contributed by atoms with Gasteiger partial charge in [-0.2, -0.15) is 0 Å². The van der Waals surface area contributed by atoms with Crippen molar-refractivity contribution in [2.45, 2.75) is 52.3 Å². The third-order valence-electron chi connectivity index (χ3n) is 7.53. The molecule has 0 saturated heterocycles. The van der Waals surface area contributed by atoms with E-state index in [1.165, 1.54) is 27.7 Å². The first kappa shape index (κ1) is 35.7. The molecule has 0 fully saturated rings. The number of halogens is 15. The van der Waals surface area contributed by atoms with Gasteiger partial charge in [0.05, 0.1) is 0 Å². The zero-order valence-corrected chi connectivity index (χ0v) is 24.2. The number of hydrogen-bond acceptors (Lipinski definition) is 1. The zero-order chi connectivity index (χ0) is 35.7. The molecule has 0 aliphatic rings. The number of rotatable bonds is 7. The number of hydrogen-bond donors (Lipinski definition) is 0. The van der Waals surface area contributed by atoms with Crippen LogP contribution in [0.15, 0.2) is 8.83 Å². The van der Waals surface area contributed by atoms with Gasteiger partial charge in [-0.05, 0) is 27.2 Å². The van der Waals surface area contributed by atoms with Gasteiger partial charge in [-0.1, -0.05) is 13.2 Å². The van der Waals surface area contributed by atoms with Gasteiger partial charge < -0.3 is 0 Å². The summed E-state index contributed by atoms with van der Waals surface area (Å²) >= 11 is 0. The fraction of sp³-hybridized carbons (Fsp3) is 0.276. The van der Waals surface area contributed by atoms with Gasteiger partial charge in [0.25, 0.3) is 11.5 Å². The van der Waals surface area contributed by atoms with E-state index in [0.29, 0.717) is 0 Å². The Morgan fingerprint density at radius 1 is 0.489 bits per heavy atom. The topological polar surface area (TPSA) is 24.4 Å². The summed E-state index contributed by atoms with van der Waals surface area (Å²) in [5.74, 6) is -47.8. The van der Waals surface area contributed by atoms with Crippen molar-refractivity contribution in [3.05, 3.63) is 105 Å². The molecule has 0 unspecified atom stereocenters. The van der Waals surface area contributed by atoms with Crippen LogP contribution in [0.4, 0.5) is 65.9 Å². The number of benzene rings is 3. The van der Waals surface area contributed by atoms with E-state index in [1.807, 2.05) is 0 Å². The Bertz CT molecular complexity index is 1680. The molecule has 4 aromatic rings. The van der Waals surface area contributed by atoms with Crippen molar-refractivity contribution in [3.8, 4) is 0 Å². The fourth-order valence-corrected chi connectivity index (χ4v) is 5.42. The first-order valence-corrected chi connectivity index (χ1v) is 13.3. The van der Waals surface area contributed by atoms with E-state index >= 15 is 26.3 Å². The largest absolute Gasteiger partial charge is 0.502 e. The highest BCUT2D eigenvalue weighted by atomic mass is 19.2. The molecule has 47 heavy (non-hydrogen) atoms. The van der Waals surface area contributed by atoms with Crippen LogP contribution < -0.4 is 16.4 Å². The second kappa shape index (κ2) is 12.2. The lowest BCUT2D eigenvalue weighted by Crippen LogP contribution is -2.74. The van der Waals surface area contributed by atoms with E-state index in [0.717, 1.165) is 0 Å². The van der Waals surface area contributed by atoms with Gasteiger partial charge >= 0.3 is 5.96 Å². The lowest BCUT2D eigenvalue weighted by atomic mass is 9.13. The Hall–Kier alpha value is -4.12. The van der Waals surface area contributed by atoms with Gasteiger partial charge in [0, 0.05) is 6.42 Å². The number of aryl methyl sites for hydroxylation is 1. The molecule has 0 spiro atoms. The molecule has 2 nitrogen and oxygen atoms in total. The molecule has 0 aliphatic carbocycles. The SMILES string of the molecule is CCCc1oc(C(C)(C)C)[o+]c1C[B-](c1c(F)c(F)c(F)c(F)c1F)(c1c(F)c(F)c(F)c(F)c1F)c1c(F)c(F)c(F)c(F)c1F. The molecule has 0 amide bonds. The van der Waals surface area contributed by atoms with Crippen molar-refractivity contribution in [1.82, 2.24) is 0 Å². The minimum Gasteiger partial charge on any atom is -0.278 e. The van der Waals surface area contributed by atoms with E-state index < -0.39 is 139 Å². The summed E-state index contributed by atoms with van der Waals surface area (Å²) in [6.07, 6.45) is -8.14. The van der Waals surface area contributed by atoms with Crippen LogP contribution >= 0.6 is 0 Å². The molecule has 0 saturated carbocycles. The maximum atomic E-state index is 15.7. The quantitative estimate of drug-likeness (QED) is 0.0651. The van der Waals surface area contributed by atoms with Gasteiger partial charge in [-0.25, -0.2) is 65.9 Å². The average molecular weight is 694 g/mol. The Labute approximate surface area is 254 Å². The predicted octanol–water partition coefficient (Wildman–Crippen LogP) is 7.74. The molecule has 4 rings (SSSR count). The van der Waals surface area contributed by atoms with Crippen molar-refractivity contribution in [2.75, 3.05) is 0 Å². The standard InChI is InChI=1S/C29H18BF15O2/c1-5-6-8-9(47-28(46-8)29(2,3)4)7-30(10-13(31)19(37)25(43)20(38)14(10)32,11-15(33)21(39)26(44)22(40)16(11)34)12-17(35)23(41)27(45)24(42)18(12)36/h5-7H2,1-4H3. The average Bonchev–Trinajstić information content (AvgIpc) is 3.41. The second-order valence-corrected chi connectivity index (χ2v) is 11.5. The lowest BCUT2D eigenvalue weighted by molar-refractivity contribution is 0.278. The van der Waals surface area contributed by atoms with Crippen molar-refractivity contribution >= 4 is 22.5 Å². The first-order valence-electron chi connectivity index (χ1n) is 13.3. The highest BCUT2D eigenvalue weighted by Crippen LogP contribution is 2.34. The van der Waals surface area contributed by atoms with Gasteiger partial charge in [0.2, 0.25) is 0 Å². The van der Waals surface area contributed by atoms with E-state index in [1.54, 1.807) is 0 Å². The van der Waals surface area contributed by atoms with Crippen molar-refractivity contribution in [2.24, 2.45) is 0 Å². The van der Waals surface area contributed by atoms with Crippen molar-refractivity contribution in [3.63, 3.8) is 0 Å². The Kier molecular flexibility index (Phi) is 9.24. The minimum absolute atomic E-state index is 0.0488. The Morgan fingerprint density at radius 2 is 0.766 bits per heavy atom. The fourth-order valence-electron chi connectivity index (χ4n) is 5.42. The van der Waals surface area contributed by atoms with E-state index in [9.17, 15) is 39.5 Å². The summed E-state index contributed by atoms with van der Waals surface area (Å²) in [6, 6.07) is 0. The molecule has 3 aromatic carbocycles. The van der Waals surface area contributed by atoms with Crippen LogP contribution in [-0.4, -0.2) is 6.15 Å². The molecule has 0 bridgehead atoms. The molecular formula is C29H18BF15O2. The van der Waals surface area contributed by atoms with Crippen molar-refractivity contribution in [1.29, 1.82) is 0 Å². The molecule has 18 heteroatoms. The van der Waals surface area contributed by atoms with Crippen molar-refractivity contribution < 1.29 is 74.7 Å². The molecule has 1 heterocycles. The monoisotopic (exact) mass is 694 g/mol. The maximum absolute atomic E-state index is 15.7. The van der Waals surface area contributed by atoms with E-state index in [4.69, 9.17) is 8.83 Å². The van der Waals surface area contributed by atoms with Crippen LogP contribution in [0, 0.1) is 87.3 Å². The van der Waals surface area contributed by atoms with Crippen LogP contribution in [0.3, 0.4) is 0 Å². The summed E-state index contributed by atoms with van der Waals surface area (Å²) in [5.41, 5.74) is -9.30. The molecule has 0 aliphatic heterocycles. The van der Waals surface area contributed by atoms with Gasteiger partial charge in [0.1, 0.15) is 46.5 Å². The summed E-state index contributed by atoms with van der Waals surface area (Å²) < 4.78 is 236. The van der Waals surface area contributed by atoms with Gasteiger partial charge in [-0.3, -0.25) is 8.83 Å². The second-order valence-electron chi connectivity index (χ2n) is 11.5. The predicted molar refractivity (Wildman–Crippen MR) is 135 cm³/mol. The Morgan fingerprint density at radius 3 is 1.02 bits per heavy atom. The summed E-state index contributed by atoms with van der Waals surface area (Å²) in [5, 5.41) is 0. The summed E-state index contributed by atoms with van der Waals surface area (Å²) in [6.45, 7) is 5.68. The van der Waals surface area contributed by atoms with Crippen LogP contribution in [0.1, 0.15) is 51.6 Å². The zero-order valence-electron chi connectivity index (χ0n) is 24.2. The Balaban J connectivity index is 2.47. The summed E-state index contributed by atoms with van der Waals surface area (Å²) in [7, 11) is 0. The molecular weight excluding hydrogens is 676 g/mol. The molecule has 0 atom stereocenters. The van der Waals surface area contributed by atoms with E-state index in [-0.39, 0.29) is 12.8 Å². The third kappa shape index (κ3) is 5.32. The van der Waals surface area contributed by atoms with E-state index in [2.05, 4.69) is 0 Å². The normalized spacial score (nSPS) is 12.4. The minimum atomic E-state index is -5.81. The maximum Gasteiger partial charge on any atom is 0.502 e. The van der Waals surface area contributed by atoms with Crippen LogP contribution in [0.25, 0.3) is 0 Å². The molecule has 0 radical (unpaired) electrons. The van der Waals surface area contributed by atoms with Crippen LogP contribution in [-0.2, 0) is 18.2 Å². The molecule has 1 aromatic heterocycles. The van der Waals surface area contributed by atoms with Crippen LogP contribution in [0.2, 0.25) is 0 Å². The lowest BCUT2D eigenvalue weighted by Gasteiger charge is -2.42. The highest BCUT2D eigenvalue weighted by molar-refractivity contribution is 7.11. The van der Waals surface area contributed by atoms with Gasteiger partial charge in [0.15, 0.2) is 52.4 Å². The first-order chi connectivity index (χ1) is 21.7. The highest BCUT2D eigenvalue weighted by Gasteiger charge is 2.51. The van der Waals surface area contributed by atoms with Crippen LogP contribution in [0.5, 0.6) is 0 Å². The summed E-state index contributed by atoms with van der Waals surface area (Å²) in [4.78, 5) is 0.